The highest BCUT2D eigenvalue weighted by Gasteiger charge is 2.28. The van der Waals surface area contributed by atoms with Crippen molar-refractivity contribution in [1.29, 1.82) is 0 Å². The Morgan fingerprint density at radius 2 is 0.690 bits per heavy atom. The van der Waals surface area contributed by atoms with Crippen LogP contribution >= 0.6 is 7.82 Å². The number of carbonyl (C=O) groups is 1. The molecule has 0 saturated carbocycles. The van der Waals surface area contributed by atoms with Crippen LogP contribution in [0.4, 0.5) is 0 Å². The number of rotatable bonds is 67. The quantitative estimate of drug-likeness (QED) is 0.0243. The van der Waals surface area contributed by atoms with E-state index in [1.807, 2.05) is 21.1 Å². The van der Waals surface area contributed by atoms with Crippen molar-refractivity contribution in [2.45, 2.75) is 341 Å². The second-order valence-electron chi connectivity index (χ2n) is 25.9. The zero-order valence-corrected chi connectivity index (χ0v) is 58.6. The molecule has 0 aromatic rings. The molecule has 0 heterocycles. The summed E-state index contributed by atoms with van der Waals surface area (Å²) in [7, 11) is 1.60. The Hall–Kier alpha value is -2.84. The molecule has 0 aliphatic heterocycles. The Morgan fingerprint density at radius 3 is 1.01 bits per heavy atom. The number of amides is 1. The number of quaternary nitrogens is 1. The molecule has 0 saturated heterocycles. The van der Waals surface area contributed by atoms with Crippen LogP contribution in [0.2, 0.25) is 0 Å². The Kier molecular flexibility index (Phi) is 65.3. The normalized spacial score (nSPS) is 14.2. The molecule has 0 radical (unpaired) electrons. The number of phosphoric acid groups is 1. The van der Waals surface area contributed by atoms with Crippen LogP contribution in [0.3, 0.4) is 0 Å². The Morgan fingerprint density at radius 1 is 0.402 bits per heavy atom. The van der Waals surface area contributed by atoms with E-state index in [4.69, 9.17) is 9.05 Å². The molecule has 3 atom stereocenters. The highest BCUT2D eigenvalue weighted by atomic mass is 31.2. The van der Waals surface area contributed by atoms with E-state index in [0.29, 0.717) is 23.9 Å². The minimum Gasteiger partial charge on any atom is -0.391 e. The number of hydrogen-bond donors (Lipinski definition) is 3. The van der Waals surface area contributed by atoms with Gasteiger partial charge in [0.25, 0.3) is 0 Å². The topological polar surface area (TPSA) is 105 Å². The van der Waals surface area contributed by atoms with E-state index in [9.17, 15) is 19.4 Å². The van der Waals surface area contributed by atoms with Gasteiger partial charge in [0.2, 0.25) is 5.91 Å². The lowest BCUT2D eigenvalue weighted by Crippen LogP contribution is -2.46. The first-order valence-electron chi connectivity index (χ1n) is 36.8. The van der Waals surface area contributed by atoms with Gasteiger partial charge >= 0.3 is 7.82 Å². The fraction of sp³-hybridized carbons (Fsp3) is 0.756. The molecular weight excluding hydrogens is 1090 g/mol. The van der Waals surface area contributed by atoms with Gasteiger partial charge in [0.15, 0.2) is 0 Å². The average Bonchev–Trinajstić information content (AvgIpc) is 3.70. The standard InChI is InChI=1S/C78H141N2O6P/c1-6-8-10-12-14-16-18-20-22-24-26-28-30-32-34-36-38-39-40-41-42-44-46-48-50-52-54-56-58-60-62-64-66-68-70-72-78(82)79-76(75-86-87(83,84)85-74-73-80(3,4)5)77(81)71-69-67-65-63-61-59-57-55-53-51-49-47-45-43-37-35-33-31-29-27-25-23-21-19-17-15-13-11-9-7-2/h8,10,14,16,20,22,26,28,32,34,38-39,41-42,46,48,52,54,76-77,81H,6-7,9,11-13,15,17-19,21,23-25,27,29-31,33,35-37,40,43-45,47,49-51,53,55-75H2,1-5H3,(H-,79,82,83,84)/p+1/b10-8-,16-14-,22-20-,28-26-,34-32-,39-38-,42-41-,48-46-,54-52-. The summed E-state index contributed by atoms with van der Waals surface area (Å²) < 4.78 is 23.9. The van der Waals surface area contributed by atoms with E-state index in [1.165, 1.54) is 193 Å². The molecule has 0 aromatic heterocycles. The van der Waals surface area contributed by atoms with Crippen molar-refractivity contribution >= 4 is 13.7 Å². The third-order valence-electron chi connectivity index (χ3n) is 16.3. The second-order valence-corrected chi connectivity index (χ2v) is 27.4. The lowest BCUT2D eigenvalue weighted by molar-refractivity contribution is -0.870. The zero-order chi connectivity index (χ0) is 63.4. The summed E-state index contributed by atoms with van der Waals surface area (Å²) in [5.74, 6) is -0.156. The Labute approximate surface area is 540 Å². The summed E-state index contributed by atoms with van der Waals surface area (Å²) in [4.78, 5) is 23.5. The molecule has 0 bridgehead atoms. The summed E-state index contributed by atoms with van der Waals surface area (Å²) in [5, 5.41) is 14.2. The molecule has 0 spiro atoms. The maximum absolute atomic E-state index is 13.1. The lowest BCUT2D eigenvalue weighted by Gasteiger charge is -2.26. The first-order chi connectivity index (χ1) is 42.5. The van der Waals surface area contributed by atoms with E-state index < -0.39 is 20.0 Å². The maximum Gasteiger partial charge on any atom is 0.472 e. The van der Waals surface area contributed by atoms with Crippen molar-refractivity contribution in [2.75, 3.05) is 40.9 Å². The summed E-state index contributed by atoms with van der Waals surface area (Å²) in [6.07, 6.45) is 99.1. The molecule has 0 aliphatic rings. The number of hydrogen-bond acceptors (Lipinski definition) is 5. The van der Waals surface area contributed by atoms with E-state index in [1.54, 1.807) is 0 Å². The van der Waals surface area contributed by atoms with Crippen molar-refractivity contribution in [3.8, 4) is 0 Å². The summed E-state index contributed by atoms with van der Waals surface area (Å²) in [6.45, 7) is 4.79. The van der Waals surface area contributed by atoms with Crippen LogP contribution < -0.4 is 5.32 Å². The number of nitrogens with zero attached hydrogens (tertiary/aromatic N) is 1. The Bertz CT molecular complexity index is 1790. The van der Waals surface area contributed by atoms with Crippen molar-refractivity contribution in [2.24, 2.45) is 0 Å². The minimum absolute atomic E-state index is 0.0676. The van der Waals surface area contributed by atoms with Crippen LogP contribution in [-0.2, 0) is 18.4 Å². The molecule has 0 rings (SSSR count). The average molecular weight is 1230 g/mol. The van der Waals surface area contributed by atoms with Crippen molar-refractivity contribution in [3.05, 3.63) is 109 Å². The molecule has 1 amide bonds. The molecule has 504 valence electrons. The number of unbranched alkanes of at least 4 members (excludes halogenated alkanes) is 36. The molecule has 8 nitrogen and oxygen atoms in total. The molecule has 0 aromatic carbocycles. The first kappa shape index (κ1) is 84.2. The van der Waals surface area contributed by atoms with Crippen molar-refractivity contribution < 1.29 is 32.9 Å². The summed E-state index contributed by atoms with van der Waals surface area (Å²) >= 11 is 0. The SMILES string of the molecule is CC/C=C\C/C=C\C/C=C\C/C=C\C/C=C\C/C=C\C/C=C\C/C=C\C/C=C\CCCCCCCCCC(=O)NC(COP(=O)(O)OCC[N+](C)(C)C)C(O)CCCCCCCCCCCCCCCCCCCCCCCCCCCCCCCC. The monoisotopic (exact) mass is 1230 g/mol. The molecule has 0 aliphatic carbocycles. The van der Waals surface area contributed by atoms with E-state index in [0.717, 1.165) is 109 Å². The highest BCUT2D eigenvalue weighted by Crippen LogP contribution is 2.43. The van der Waals surface area contributed by atoms with Crippen LogP contribution in [0.15, 0.2) is 109 Å². The fourth-order valence-electron chi connectivity index (χ4n) is 10.6. The van der Waals surface area contributed by atoms with Gasteiger partial charge in [-0.2, -0.15) is 0 Å². The Balaban J connectivity index is 4.09. The molecular formula is C78H142N2O6P+. The summed E-state index contributed by atoms with van der Waals surface area (Å²) in [5.41, 5.74) is 0. The number of likely N-dealkylation sites (N-methyl/N-ethyl adjacent to an activating group) is 1. The second kappa shape index (κ2) is 67.6. The fourth-order valence-corrected chi connectivity index (χ4v) is 11.4. The van der Waals surface area contributed by atoms with Crippen LogP contribution in [0.5, 0.6) is 0 Å². The van der Waals surface area contributed by atoms with Crippen molar-refractivity contribution in [1.82, 2.24) is 5.32 Å². The predicted molar refractivity (Wildman–Crippen MR) is 382 cm³/mol. The van der Waals surface area contributed by atoms with Gasteiger partial charge in [0.05, 0.1) is 39.9 Å². The predicted octanol–water partition coefficient (Wildman–Crippen LogP) is 23.8. The molecule has 3 N–H and O–H groups in total. The van der Waals surface area contributed by atoms with Gasteiger partial charge in [-0.25, -0.2) is 4.57 Å². The first-order valence-corrected chi connectivity index (χ1v) is 38.2. The smallest absolute Gasteiger partial charge is 0.391 e. The van der Waals surface area contributed by atoms with Gasteiger partial charge in [-0.15, -0.1) is 0 Å². The lowest BCUT2D eigenvalue weighted by atomic mass is 10.0. The van der Waals surface area contributed by atoms with E-state index in [2.05, 4.69) is 129 Å². The third kappa shape index (κ3) is 70.5. The largest absolute Gasteiger partial charge is 0.472 e. The van der Waals surface area contributed by atoms with Gasteiger partial charge in [-0.1, -0.05) is 348 Å². The van der Waals surface area contributed by atoms with Crippen LogP contribution in [-0.4, -0.2) is 73.4 Å². The van der Waals surface area contributed by atoms with Gasteiger partial charge < -0.3 is 19.8 Å². The minimum atomic E-state index is -4.34. The van der Waals surface area contributed by atoms with Crippen molar-refractivity contribution in [3.63, 3.8) is 0 Å². The van der Waals surface area contributed by atoms with Gasteiger partial charge in [-0.3, -0.25) is 13.8 Å². The maximum atomic E-state index is 13.1. The van der Waals surface area contributed by atoms with E-state index in [-0.39, 0.29) is 19.1 Å². The number of nitrogens with one attached hydrogen (secondary N) is 1. The number of aliphatic hydroxyl groups is 1. The van der Waals surface area contributed by atoms with Gasteiger partial charge in [-0.05, 0) is 83.5 Å². The number of carbonyl (C=O) groups excluding carboxylic acids is 1. The molecule has 0 fully saturated rings. The van der Waals surface area contributed by atoms with Crippen LogP contribution in [0.25, 0.3) is 0 Å². The number of phosphoric ester groups is 1. The van der Waals surface area contributed by atoms with E-state index >= 15 is 0 Å². The number of allylic oxidation sites excluding steroid dienone is 18. The third-order valence-corrected chi connectivity index (χ3v) is 17.3. The summed E-state index contributed by atoms with van der Waals surface area (Å²) in [6, 6.07) is -0.777. The molecule has 3 unspecified atom stereocenters. The highest BCUT2D eigenvalue weighted by molar-refractivity contribution is 7.47. The number of aliphatic hydroxyl groups excluding tert-OH is 1. The molecule has 87 heavy (non-hydrogen) atoms. The zero-order valence-electron chi connectivity index (χ0n) is 57.7. The molecule has 9 heteroatoms. The van der Waals surface area contributed by atoms with Crippen LogP contribution in [0, 0.1) is 0 Å². The van der Waals surface area contributed by atoms with Gasteiger partial charge in [0.1, 0.15) is 13.2 Å². The van der Waals surface area contributed by atoms with Gasteiger partial charge in [0, 0.05) is 6.42 Å². The van der Waals surface area contributed by atoms with Crippen LogP contribution in [0.1, 0.15) is 328 Å².